The number of benzene rings is 1. The van der Waals surface area contributed by atoms with Crippen molar-refractivity contribution in [2.24, 2.45) is 0 Å². The molecule has 8 heteroatoms. The Kier molecular flexibility index (Phi) is 4.01. The molecule has 0 aliphatic heterocycles. The Balaban J connectivity index is 1.94. The van der Waals surface area contributed by atoms with E-state index < -0.39 is 10.0 Å². The topological polar surface area (TPSA) is 72.0 Å². The van der Waals surface area contributed by atoms with Crippen molar-refractivity contribution in [3.63, 3.8) is 0 Å². The van der Waals surface area contributed by atoms with Gasteiger partial charge in [0, 0.05) is 22.7 Å². The molecule has 0 atom stereocenters. The van der Waals surface area contributed by atoms with Crippen LogP contribution in [0.1, 0.15) is 30.3 Å². The van der Waals surface area contributed by atoms with E-state index in [1.165, 1.54) is 18.2 Å². The number of aryl methyl sites for hydroxylation is 1. The summed E-state index contributed by atoms with van der Waals surface area (Å²) < 4.78 is 27.3. The average molecular weight is 358 g/mol. The monoisotopic (exact) mass is 357 g/mol. The number of halogens is 2. The smallest absolute Gasteiger partial charge is 0.263 e. The summed E-state index contributed by atoms with van der Waals surface area (Å²) in [4.78, 5) is 8.58. The lowest BCUT2D eigenvalue weighted by Gasteiger charge is -2.10. The second kappa shape index (κ2) is 5.68. The highest BCUT2D eigenvalue weighted by molar-refractivity contribution is 7.92. The van der Waals surface area contributed by atoms with E-state index in [1.54, 1.807) is 13.0 Å². The lowest BCUT2D eigenvalue weighted by Crippen LogP contribution is -2.15. The van der Waals surface area contributed by atoms with Gasteiger partial charge >= 0.3 is 0 Å². The van der Waals surface area contributed by atoms with E-state index in [9.17, 15) is 8.42 Å². The normalized spacial score (nSPS) is 14.9. The minimum atomic E-state index is -3.83. The minimum Gasteiger partial charge on any atom is -0.263 e. The lowest BCUT2D eigenvalue weighted by atomic mass is 10.3. The van der Waals surface area contributed by atoms with Crippen LogP contribution in [-0.4, -0.2) is 18.4 Å². The zero-order valence-electron chi connectivity index (χ0n) is 11.7. The maximum Gasteiger partial charge on any atom is 0.264 e. The second-order valence-electron chi connectivity index (χ2n) is 5.21. The molecule has 5 nitrogen and oxygen atoms in total. The van der Waals surface area contributed by atoms with Gasteiger partial charge in [0.05, 0.1) is 5.02 Å². The van der Waals surface area contributed by atoms with E-state index in [4.69, 9.17) is 23.2 Å². The molecule has 0 amide bonds. The lowest BCUT2D eigenvalue weighted by molar-refractivity contribution is 0.601. The molecule has 1 fully saturated rings. The number of hydrogen-bond donors (Lipinski definition) is 1. The van der Waals surface area contributed by atoms with Crippen LogP contribution in [0.4, 0.5) is 5.82 Å². The standard InChI is InChI=1S/C14H13Cl2N3O2S/c1-8-6-13(18-14(17-8)9-2-3-9)19-22(20,21)12-5-4-10(15)7-11(12)16/h4-7,9H,2-3H2,1H3,(H,17,18,19). The van der Waals surface area contributed by atoms with Crippen LogP contribution in [0.25, 0.3) is 0 Å². The predicted molar refractivity (Wildman–Crippen MR) is 86.0 cm³/mol. The van der Waals surface area contributed by atoms with Gasteiger partial charge in [0.25, 0.3) is 10.0 Å². The summed E-state index contributed by atoms with van der Waals surface area (Å²) in [6.45, 7) is 1.81. The van der Waals surface area contributed by atoms with Crippen LogP contribution in [0.15, 0.2) is 29.2 Å². The van der Waals surface area contributed by atoms with Gasteiger partial charge in [-0.1, -0.05) is 23.2 Å². The van der Waals surface area contributed by atoms with E-state index in [2.05, 4.69) is 14.7 Å². The molecule has 0 bridgehead atoms. The third-order valence-electron chi connectivity index (χ3n) is 3.24. The zero-order valence-corrected chi connectivity index (χ0v) is 14.0. The fraction of sp³-hybridized carbons (Fsp3) is 0.286. The number of aromatic nitrogens is 2. The number of anilines is 1. The van der Waals surface area contributed by atoms with Crippen LogP contribution in [-0.2, 0) is 10.0 Å². The predicted octanol–water partition coefficient (Wildman–Crippen LogP) is 3.77. The molecule has 0 saturated heterocycles. The van der Waals surface area contributed by atoms with Crippen molar-refractivity contribution >= 4 is 39.0 Å². The van der Waals surface area contributed by atoms with Gasteiger partial charge in [-0.25, -0.2) is 18.4 Å². The first-order valence-electron chi connectivity index (χ1n) is 6.68. The summed E-state index contributed by atoms with van der Waals surface area (Å²) >= 11 is 11.8. The van der Waals surface area contributed by atoms with Crippen molar-refractivity contribution in [3.8, 4) is 0 Å². The Morgan fingerprint density at radius 2 is 1.91 bits per heavy atom. The average Bonchev–Trinajstić information content (AvgIpc) is 3.20. The van der Waals surface area contributed by atoms with Crippen LogP contribution in [0, 0.1) is 6.92 Å². The number of nitrogens with one attached hydrogen (secondary N) is 1. The van der Waals surface area contributed by atoms with Gasteiger partial charge in [-0.2, -0.15) is 0 Å². The molecule has 1 aromatic carbocycles. The molecule has 1 saturated carbocycles. The Morgan fingerprint density at radius 1 is 1.18 bits per heavy atom. The van der Waals surface area contributed by atoms with Gasteiger partial charge in [0.1, 0.15) is 16.5 Å². The fourth-order valence-electron chi connectivity index (χ4n) is 2.05. The maximum atomic E-state index is 12.4. The highest BCUT2D eigenvalue weighted by atomic mass is 35.5. The number of sulfonamides is 1. The largest absolute Gasteiger partial charge is 0.264 e. The Morgan fingerprint density at radius 3 is 2.55 bits per heavy atom. The molecule has 1 aliphatic carbocycles. The summed E-state index contributed by atoms with van der Waals surface area (Å²) in [6, 6.07) is 5.82. The van der Waals surface area contributed by atoms with Gasteiger partial charge in [-0.15, -0.1) is 0 Å². The molecule has 0 radical (unpaired) electrons. The van der Waals surface area contributed by atoms with Crippen LogP contribution < -0.4 is 4.72 Å². The molecule has 1 heterocycles. The second-order valence-corrected chi connectivity index (χ2v) is 7.70. The first-order chi connectivity index (χ1) is 10.3. The first kappa shape index (κ1) is 15.5. The van der Waals surface area contributed by atoms with Crippen LogP contribution in [0.5, 0.6) is 0 Å². The first-order valence-corrected chi connectivity index (χ1v) is 8.92. The van der Waals surface area contributed by atoms with Gasteiger partial charge in [0.15, 0.2) is 0 Å². The summed E-state index contributed by atoms with van der Waals surface area (Å²) in [5, 5.41) is 0.436. The van der Waals surface area contributed by atoms with Crippen molar-refractivity contribution in [2.45, 2.75) is 30.6 Å². The van der Waals surface area contributed by atoms with E-state index in [1.807, 2.05) is 0 Å². The van der Waals surface area contributed by atoms with E-state index >= 15 is 0 Å². The molecule has 22 heavy (non-hydrogen) atoms. The number of hydrogen-bond acceptors (Lipinski definition) is 4. The van der Waals surface area contributed by atoms with Crippen molar-refractivity contribution in [1.29, 1.82) is 0 Å². The summed E-state index contributed by atoms with van der Waals surface area (Å²) in [6.07, 6.45) is 2.08. The third kappa shape index (κ3) is 3.34. The molecule has 1 N–H and O–H groups in total. The summed E-state index contributed by atoms with van der Waals surface area (Å²) in [7, 11) is -3.83. The van der Waals surface area contributed by atoms with Gasteiger partial charge in [-0.05, 0) is 38.0 Å². The molecular formula is C14H13Cl2N3O2S. The Labute approximate surface area is 138 Å². The molecule has 1 aromatic heterocycles. The number of nitrogens with zero attached hydrogens (tertiary/aromatic N) is 2. The van der Waals surface area contributed by atoms with E-state index in [-0.39, 0.29) is 15.7 Å². The van der Waals surface area contributed by atoms with Gasteiger partial charge < -0.3 is 0 Å². The quantitative estimate of drug-likeness (QED) is 0.903. The van der Waals surface area contributed by atoms with Crippen LogP contribution in [0.2, 0.25) is 10.0 Å². The van der Waals surface area contributed by atoms with Crippen molar-refractivity contribution in [3.05, 3.63) is 45.8 Å². The molecule has 0 unspecified atom stereocenters. The number of rotatable bonds is 4. The summed E-state index contributed by atoms with van der Waals surface area (Å²) in [5.74, 6) is 1.27. The molecule has 3 rings (SSSR count). The minimum absolute atomic E-state index is 0.0391. The highest BCUT2D eigenvalue weighted by Gasteiger charge is 2.28. The zero-order chi connectivity index (χ0) is 15.9. The SMILES string of the molecule is Cc1cc(NS(=O)(=O)c2ccc(Cl)cc2Cl)nc(C2CC2)n1. The van der Waals surface area contributed by atoms with Crippen LogP contribution in [0.3, 0.4) is 0 Å². The van der Waals surface area contributed by atoms with E-state index in [0.29, 0.717) is 16.8 Å². The van der Waals surface area contributed by atoms with Crippen LogP contribution >= 0.6 is 23.2 Å². The maximum absolute atomic E-state index is 12.4. The van der Waals surface area contributed by atoms with Gasteiger partial charge in [0.2, 0.25) is 0 Å². The Hall–Kier alpha value is -1.37. The third-order valence-corrected chi connectivity index (χ3v) is 5.31. The highest BCUT2D eigenvalue weighted by Crippen LogP contribution is 2.38. The van der Waals surface area contributed by atoms with Gasteiger partial charge in [-0.3, -0.25) is 4.72 Å². The van der Waals surface area contributed by atoms with Crippen molar-refractivity contribution < 1.29 is 8.42 Å². The van der Waals surface area contributed by atoms with Crippen molar-refractivity contribution in [1.82, 2.24) is 9.97 Å². The Bertz CT molecular complexity index is 836. The molecular weight excluding hydrogens is 345 g/mol. The fourth-order valence-corrected chi connectivity index (χ4v) is 3.82. The van der Waals surface area contributed by atoms with Crippen molar-refractivity contribution in [2.75, 3.05) is 4.72 Å². The molecule has 2 aromatic rings. The molecule has 116 valence electrons. The molecule has 1 aliphatic rings. The van der Waals surface area contributed by atoms with E-state index in [0.717, 1.165) is 18.5 Å². The summed E-state index contributed by atoms with van der Waals surface area (Å²) in [5.41, 5.74) is 0.719. The molecule has 0 spiro atoms.